The van der Waals surface area contributed by atoms with Crippen molar-refractivity contribution in [1.29, 1.82) is 0 Å². The van der Waals surface area contributed by atoms with Crippen LogP contribution in [0.4, 0.5) is 0 Å². The van der Waals surface area contributed by atoms with Crippen LogP contribution in [0.5, 0.6) is 0 Å². The molecule has 1 heterocycles. The highest BCUT2D eigenvalue weighted by Crippen LogP contribution is 2.49. The van der Waals surface area contributed by atoms with E-state index in [4.69, 9.17) is 0 Å². The highest BCUT2D eigenvalue weighted by molar-refractivity contribution is 5.96. The highest BCUT2D eigenvalue weighted by Gasteiger charge is 2.46. The Bertz CT molecular complexity index is 417. The summed E-state index contributed by atoms with van der Waals surface area (Å²) in [5.74, 6) is 2.62. The van der Waals surface area contributed by atoms with E-state index in [1.54, 1.807) is 0 Å². The zero-order valence-corrected chi connectivity index (χ0v) is 13.5. The summed E-state index contributed by atoms with van der Waals surface area (Å²) in [6.45, 7) is 6.80. The molecule has 3 unspecified atom stereocenters. The van der Waals surface area contributed by atoms with Crippen LogP contribution in [0.1, 0.15) is 52.9 Å². The van der Waals surface area contributed by atoms with Gasteiger partial charge in [-0.1, -0.05) is 20.3 Å². The van der Waals surface area contributed by atoms with E-state index in [0.717, 1.165) is 24.8 Å². The van der Waals surface area contributed by atoms with Gasteiger partial charge in [-0.15, -0.1) is 0 Å². The van der Waals surface area contributed by atoms with Gasteiger partial charge in [0.05, 0.1) is 0 Å². The average Bonchev–Trinajstić information content (AvgIpc) is 3.34. The minimum Gasteiger partial charge on any atom is -0.342 e. The van der Waals surface area contributed by atoms with Crippen LogP contribution in [0.15, 0.2) is 0 Å². The van der Waals surface area contributed by atoms with Crippen LogP contribution in [-0.4, -0.2) is 35.3 Å². The third kappa shape index (κ3) is 2.95. The molecule has 0 aromatic heterocycles. The van der Waals surface area contributed by atoms with E-state index < -0.39 is 0 Å². The Morgan fingerprint density at radius 2 is 1.76 bits per heavy atom. The minimum absolute atomic E-state index is 0.0187. The lowest BCUT2D eigenvalue weighted by Crippen LogP contribution is -2.64. The Hall–Kier alpha value is -1.06. The second-order valence-electron chi connectivity index (χ2n) is 7.38. The first-order valence-electron chi connectivity index (χ1n) is 8.63. The molecule has 3 rings (SSSR count). The molecule has 2 saturated carbocycles. The number of carbonyl (C=O) groups is 2. The average molecular weight is 292 g/mol. The number of piperazine rings is 1. The van der Waals surface area contributed by atoms with E-state index >= 15 is 0 Å². The molecular weight excluding hydrogens is 264 g/mol. The van der Waals surface area contributed by atoms with E-state index in [1.807, 2.05) is 11.8 Å². The van der Waals surface area contributed by atoms with Gasteiger partial charge in [0.2, 0.25) is 11.8 Å². The Morgan fingerprint density at radius 3 is 2.24 bits per heavy atom. The molecule has 0 aromatic carbocycles. The molecule has 3 atom stereocenters. The number of nitrogens with zero attached hydrogens (tertiary/aromatic N) is 1. The fourth-order valence-electron chi connectivity index (χ4n) is 3.68. The van der Waals surface area contributed by atoms with Gasteiger partial charge in [-0.3, -0.25) is 9.59 Å². The molecule has 118 valence electrons. The molecule has 1 aliphatic heterocycles. The number of hydrogen-bond acceptors (Lipinski definition) is 2. The van der Waals surface area contributed by atoms with Crippen LogP contribution in [0.2, 0.25) is 0 Å². The maximum Gasteiger partial charge on any atom is 0.246 e. The van der Waals surface area contributed by atoms with Crippen molar-refractivity contribution in [2.75, 3.05) is 6.54 Å². The van der Waals surface area contributed by atoms with E-state index in [1.165, 1.54) is 25.7 Å². The lowest BCUT2D eigenvalue weighted by molar-refractivity contribution is -0.151. The van der Waals surface area contributed by atoms with Crippen LogP contribution in [0, 0.1) is 23.7 Å². The molecule has 21 heavy (non-hydrogen) atoms. The topological polar surface area (TPSA) is 49.4 Å². The van der Waals surface area contributed by atoms with Crippen molar-refractivity contribution >= 4 is 11.8 Å². The van der Waals surface area contributed by atoms with E-state index in [9.17, 15) is 9.59 Å². The van der Waals surface area contributed by atoms with Crippen molar-refractivity contribution < 1.29 is 9.59 Å². The Kier molecular flexibility index (Phi) is 3.98. The molecule has 0 aromatic rings. The quantitative estimate of drug-likeness (QED) is 0.816. The number of rotatable bonds is 6. The standard InChI is InChI=1S/C17H28N2O2/c1-4-10(2)15-17(21)19(11(3)16(20)18-15)9-14(12-5-6-12)13-7-8-13/h10-15H,4-9H2,1-3H3,(H,18,20). The van der Waals surface area contributed by atoms with Gasteiger partial charge in [0.15, 0.2) is 0 Å². The molecule has 4 nitrogen and oxygen atoms in total. The molecule has 0 spiro atoms. The molecule has 2 aliphatic carbocycles. The molecule has 3 aliphatic rings. The zero-order valence-electron chi connectivity index (χ0n) is 13.5. The van der Waals surface area contributed by atoms with Crippen molar-refractivity contribution in [2.45, 2.75) is 65.0 Å². The summed E-state index contributed by atoms with van der Waals surface area (Å²) in [5.41, 5.74) is 0. The van der Waals surface area contributed by atoms with Gasteiger partial charge in [0, 0.05) is 6.54 Å². The summed E-state index contributed by atoms with van der Waals surface area (Å²) in [7, 11) is 0. The van der Waals surface area contributed by atoms with Crippen molar-refractivity contribution in [3.05, 3.63) is 0 Å². The third-order valence-electron chi connectivity index (χ3n) is 5.77. The monoisotopic (exact) mass is 292 g/mol. The molecule has 2 amide bonds. The van der Waals surface area contributed by atoms with Gasteiger partial charge in [-0.2, -0.15) is 0 Å². The van der Waals surface area contributed by atoms with Gasteiger partial charge in [0.25, 0.3) is 0 Å². The minimum atomic E-state index is -0.322. The van der Waals surface area contributed by atoms with Crippen LogP contribution < -0.4 is 5.32 Å². The second kappa shape index (κ2) is 5.62. The number of carbonyl (C=O) groups excluding carboxylic acids is 2. The molecule has 3 fully saturated rings. The smallest absolute Gasteiger partial charge is 0.246 e. The van der Waals surface area contributed by atoms with E-state index in [2.05, 4.69) is 19.2 Å². The Balaban J connectivity index is 1.73. The third-order valence-corrected chi connectivity index (χ3v) is 5.77. The molecule has 1 N–H and O–H groups in total. The predicted molar refractivity (Wildman–Crippen MR) is 81.5 cm³/mol. The van der Waals surface area contributed by atoms with E-state index in [0.29, 0.717) is 5.92 Å². The van der Waals surface area contributed by atoms with Crippen LogP contribution in [0.3, 0.4) is 0 Å². The van der Waals surface area contributed by atoms with E-state index in [-0.39, 0.29) is 29.8 Å². The lowest BCUT2D eigenvalue weighted by Gasteiger charge is -2.41. The van der Waals surface area contributed by atoms with Gasteiger partial charge >= 0.3 is 0 Å². The Labute approximate surface area is 127 Å². The van der Waals surface area contributed by atoms with Gasteiger partial charge in [0.1, 0.15) is 12.1 Å². The molecule has 0 radical (unpaired) electrons. The van der Waals surface area contributed by atoms with Crippen molar-refractivity contribution in [2.24, 2.45) is 23.7 Å². The van der Waals surface area contributed by atoms with Crippen LogP contribution >= 0.6 is 0 Å². The molecule has 1 saturated heterocycles. The maximum atomic E-state index is 12.8. The molecular formula is C17H28N2O2. The molecule has 0 bridgehead atoms. The Morgan fingerprint density at radius 1 is 1.19 bits per heavy atom. The first-order chi connectivity index (χ1) is 10.0. The first kappa shape index (κ1) is 14.9. The summed E-state index contributed by atoms with van der Waals surface area (Å²) < 4.78 is 0. The summed E-state index contributed by atoms with van der Waals surface area (Å²) in [5, 5.41) is 2.93. The largest absolute Gasteiger partial charge is 0.342 e. The summed E-state index contributed by atoms with van der Waals surface area (Å²) in [4.78, 5) is 26.9. The maximum absolute atomic E-state index is 12.8. The fourth-order valence-corrected chi connectivity index (χ4v) is 3.68. The van der Waals surface area contributed by atoms with Gasteiger partial charge in [-0.25, -0.2) is 0 Å². The van der Waals surface area contributed by atoms with Crippen molar-refractivity contribution in [3.63, 3.8) is 0 Å². The highest BCUT2D eigenvalue weighted by atomic mass is 16.2. The summed E-state index contributed by atoms with van der Waals surface area (Å²) in [6, 6.07) is -0.629. The normalized spacial score (nSPS) is 31.5. The predicted octanol–water partition coefficient (Wildman–Crippen LogP) is 2.18. The lowest BCUT2D eigenvalue weighted by atomic mass is 9.91. The number of amides is 2. The number of hydrogen-bond donors (Lipinski definition) is 1. The zero-order chi connectivity index (χ0) is 15.1. The molecule has 4 heteroatoms. The number of nitrogens with one attached hydrogen (secondary N) is 1. The SMILES string of the molecule is CCC(C)C1NC(=O)C(C)N(CC(C2CC2)C2CC2)C1=O. The second-order valence-corrected chi connectivity index (χ2v) is 7.38. The van der Waals surface area contributed by atoms with Crippen molar-refractivity contribution in [3.8, 4) is 0 Å². The van der Waals surface area contributed by atoms with Crippen molar-refractivity contribution in [1.82, 2.24) is 10.2 Å². The van der Waals surface area contributed by atoms with Crippen LogP contribution in [-0.2, 0) is 9.59 Å². The summed E-state index contributed by atoms with van der Waals surface area (Å²) >= 11 is 0. The van der Waals surface area contributed by atoms with Gasteiger partial charge < -0.3 is 10.2 Å². The first-order valence-corrected chi connectivity index (χ1v) is 8.63. The van der Waals surface area contributed by atoms with Crippen LogP contribution in [0.25, 0.3) is 0 Å². The van der Waals surface area contributed by atoms with Gasteiger partial charge in [-0.05, 0) is 56.3 Å². The fraction of sp³-hybridized carbons (Fsp3) is 0.882. The summed E-state index contributed by atoms with van der Waals surface area (Å²) in [6.07, 6.45) is 6.18.